The van der Waals surface area contributed by atoms with Crippen molar-refractivity contribution >= 4 is 55.3 Å². The van der Waals surface area contributed by atoms with E-state index in [-0.39, 0.29) is 29.2 Å². The first kappa shape index (κ1) is 23.7. The predicted molar refractivity (Wildman–Crippen MR) is 128 cm³/mol. The van der Waals surface area contributed by atoms with Gasteiger partial charge in [-0.25, -0.2) is 18.6 Å². The molecule has 2 N–H and O–H groups in total. The van der Waals surface area contributed by atoms with E-state index >= 15 is 4.39 Å². The highest BCUT2D eigenvalue weighted by Crippen LogP contribution is 2.34. The number of anilines is 2. The summed E-state index contributed by atoms with van der Waals surface area (Å²) < 4.78 is 37.3. The Hall–Kier alpha value is -3.49. The summed E-state index contributed by atoms with van der Waals surface area (Å²) in [4.78, 5) is 20.3. The molecule has 0 radical (unpaired) electrons. The van der Waals surface area contributed by atoms with Crippen molar-refractivity contribution in [2.24, 2.45) is 4.36 Å². The minimum atomic E-state index is -2.30. The minimum Gasteiger partial charge on any atom is -0.482 e. The second kappa shape index (κ2) is 9.79. The Labute approximate surface area is 200 Å². The van der Waals surface area contributed by atoms with Crippen LogP contribution in [0.15, 0.2) is 41.0 Å². The number of nitriles is 1. The van der Waals surface area contributed by atoms with Crippen molar-refractivity contribution in [3.05, 3.63) is 47.5 Å². The summed E-state index contributed by atoms with van der Waals surface area (Å²) in [5, 5.41) is 14.8. The van der Waals surface area contributed by atoms with Crippen LogP contribution in [0.25, 0.3) is 10.9 Å². The first-order valence-corrected chi connectivity index (χ1v) is 12.5. The van der Waals surface area contributed by atoms with Gasteiger partial charge in [0.15, 0.2) is 6.61 Å². The van der Waals surface area contributed by atoms with E-state index in [4.69, 9.17) is 21.6 Å². The predicted octanol–water partition coefficient (Wildman–Crippen LogP) is 4.08. The number of halogens is 2. The second-order valence-electron chi connectivity index (χ2n) is 7.64. The Morgan fingerprint density at radius 2 is 2.15 bits per heavy atom. The van der Waals surface area contributed by atoms with Gasteiger partial charge in [-0.2, -0.15) is 9.62 Å². The van der Waals surface area contributed by atoms with Crippen LogP contribution >= 0.6 is 11.6 Å². The molecule has 1 atom stereocenters. The molecule has 9 nitrogen and oxygen atoms in total. The van der Waals surface area contributed by atoms with Gasteiger partial charge < -0.3 is 15.4 Å². The molecule has 12 heteroatoms. The summed E-state index contributed by atoms with van der Waals surface area (Å²) in [6.07, 6.45) is 2.11. The van der Waals surface area contributed by atoms with Gasteiger partial charge in [0.1, 0.15) is 29.8 Å². The maximum absolute atomic E-state index is 15.1. The molecule has 1 fully saturated rings. The molecule has 0 bridgehead atoms. The van der Waals surface area contributed by atoms with Crippen LogP contribution in [0.3, 0.4) is 0 Å². The standard InChI is InChI=1S/C22H20ClFN6O3S/c1-13(10-25)28-20(31)11-33-19-7-14(23)3-4-17(19)29-22-21-16(24)8-15(9-18(21)26-12-27-22)30-34(32)5-2-6-34/h3-4,7-9,12-13H,2,5-6,11H2,1H3,(H,28,31)(H,26,27,29)/t13-/m0/s1. The smallest absolute Gasteiger partial charge is 0.258 e. The quantitative estimate of drug-likeness (QED) is 0.498. The molecule has 3 aromatic rings. The number of rotatable bonds is 7. The molecule has 2 aromatic carbocycles. The van der Waals surface area contributed by atoms with Gasteiger partial charge in [0.2, 0.25) is 0 Å². The van der Waals surface area contributed by atoms with E-state index in [1.807, 2.05) is 6.07 Å². The molecule has 4 rings (SSSR count). The van der Waals surface area contributed by atoms with Crippen molar-refractivity contribution in [3.63, 3.8) is 0 Å². The van der Waals surface area contributed by atoms with Gasteiger partial charge in [-0.3, -0.25) is 4.79 Å². The summed E-state index contributed by atoms with van der Waals surface area (Å²) in [7, 11) is -2.30. The molecule has 2 heterocycles. The average molecular weight is 503 g/mol. The van der Waals surface area contributed by atoms with Gasteiger partial charge in [-0.05, 0) is 31.5 Å². The highest BCUT2D eigenvalue weighted by molar-refractivity contribution is 7.95. The van der Waals surface area contributed by atoms with Gasteiger partial charge in [0, 0.05) is 28.7 Å². The third-order valence-electron chi connectivity index (χ3n) is 5.00. The van der Waals surface area contributed by atoms with Gasteiger partial charge in [0.25, 0.3) is 5.91 Å². The van der Waals surface area contributed by atoms with E-state index in [1.54, 1.807) is 25.1 Å². The molecule has 176 valence electrons. The number of benzene rings is 2. The van der Waals surface area contributed by atoms with Crippen molar-refractivity contribution in [2.45, 2.75) is 19.4 Å². The van der Waals surface area contributed by atoms with Crippen molar-refractivity contribution < 1.29 is 18.1 Å². The van der Waals surface area contributed by atoms with Crippen LogP contribution in [0.4, 0.5) is 21.6 Å². The largest absolute Gasteiger partial charge is 0.482 e. The molecule has 0 unspecified atom stereocenters. The molecule has 0 aliphatic carbocycles. The molecule has 1 amide bonds. The summed E-state index contributed by atoms with van der Waals surface area (Å²) in [5.41, 5.74) is 0.948. The van der Waals surface area contributed by atoms with Gasteiger partial charge >= 0.3 is 0 Å². The highest BCUT2D eigenvalue weighted by atomic mass is 35.5. The second-order valence-corrected chi connectivity index (χ2v) is 10.6. The Balaban J connectivity index is 1.62. The molecule has 1 aromatic heterocycles. The van der Waals surface area contributed by atoms with Crippen LogP contribution < -0.4 is 15.4 Å². The topological polar surface area (TPSA) is 129 Å². The van der Waals surface area contributed by atoms with E-state index in [2.05, 4.69) is 25.0 Å². The van der Waals surface area contributed by atoms with Crippen LogP contribution in [0, 0.1) is 17.1 Å². The number of nitrogens with one attached hydrogen (secondary N) is 2. The van der Waals surface area contributed by atoms with Crippen molar-refractivity contribution in [2.75, 3.05) is 23.4 Å². The molecule has 34 heavy (non-hydrogen) atoms. The zero-order chi connectivity index (χ0) is 24.3. The Morgan fingerprint density at radius 1 is 1.35 bits per heavy atom. The van der Waals surface area contributed by atoms with E-state index < -0.39 is 27.5 Å². The Morgan fingerprint density at radius 3 is 2.85 bits per heavy atom. The summed E-state index contributed by atoms with van der Waals surface area (Å²) in [5.74, 6) is 0.304. The number of hydrogen-bond acceptors (Lipinski definition) is 8. The minimum absolute atomic E-state index is 0.117. The fourth-order valence-electron chi connectivity index (χ4n) is 3.26. The lowest BCUT2D eigenvalue weighted by atomic mass is 10.2. The maximum Gasteiger partial charge on any atom is 0.258 e. The zero-order valence-electron chi connectivity index (χ0n) is 18.0. The van der Waals surface area contributed by atoms with Crippen molar-refractivity contribution in [1.29, 1.82) is 5.26 Å². The first-order valence-electron chi connectivity index (χ1n) is 10.3. The normalized spacial score (nSPS) is 15.0. The lowest BCUT2D eigenvalue weighted by Gasteiger charge is -2.18. The number of amides is 1. The number of fused-ring (bicyclic) bond motifs is 1. The highest BCUT2D eigenvalue weighted by Gasteiger charge is 2.20. The molecule has 1 aliphatic heterocycles. The van der Waals surface area contributed by atoms with Crippen LogP contribution in [0.2, 0.25) is 5.02 Å². The van der Waals surface area contributed by atoms with Gasteiger partial charge in [0.05, 0.1) is 38.1 Å². The van der Waals surface area contributed by atoms with Crippen LogP contribution in [0.1, 0.15) is 13.3 Å². The molecule has 1 saturated heterocycles. The molecular formula is C22H20ClFN6O3S. The van der Waals surface area contributed by atoms with Gasteiger partial charge in [-0.1, -0.05) is 11.6 Å². The SMILES string of the molecule is C[C@@H](C#N)NC(=O)COc1cc(Cl)ccc1Nc1ncnc2cc(N=S3(=O)CCC3)cc(F)c12. The van der Waals surface area contributed by atoms with Crippen molar-refractivity contribution in [3.8, 4) is 11.8 Å². The monoisotopic (exact) mass is 502 g/mol. The number of carbonyl (C=O) groups is 1. The number of ether oxygens (including phenoxy) is 1. The lowest BCUT2D eigenvalue weighted by Crippen LogP contribution is -2.35. The number of carbonyl (C=O) groups excluding carboxylic acids is 1. The Bertz CT molecular complexity index is 1420. The van der Waals surface area contributed by atoms with Crippen LogP contribution in [-0.2, 0) is 14.5 Å². The van der Waals surface area contributed by atoms with Gasteiger partial charge in [-0.15, -0.1) is 0 Å². The lowest BCUT2D eigenvalue weighted by molar-refractivity contribution is -0.123. The van der Waals surface area contributed by atoms with Crippen LogP contribution in [-0.4, -0.2) is 44.2 Å². The molecule has 0 spiro atoms. The molecule has 0 saturated carbocycles. The van der Waals surface area contributed by atoms with Crippen molar-refractivity contribution in [1.82, 2.24) is 15.3 Å². The number of hydrogen-bond donors (Lipinski definition) is 2. The summed E-state index contributed by atoms with van der Waals surface area (Å²) in [6.45, 7) is 1.19. The molecule has 1 aliphatic rings. The Kier molecular flexibility index (Phi) is 6.81. The average Bonchev–Trinajstić information content (AvgIpc) is 2.78. The van der Waals surface area contributed by atoms with Crippen LogP contribution in [0.5, 0.6) is 5.75 Å². The summed E-state index contributed by atoms with van der Waals surface area (Å²) >= 11 is 6.08. The zero-order valence-corrected chi connectivity index (χ0v) is 19.6. The number of aromatic nitrogens is 2. The van der Waals surface area contributed by atoms with E-state index in [0.717, 1.165) is 6.42 Å². The molecular weight excluding hydrogens is 483 g/mol. The maximum atomic E-state index is 15.1. The van der Waals surface area contributed by atoms with E-state index in [9.17, 15) is 9.00 Å². The third-order valence-corrected chi connectivity index (χ3v) is 7.63. The fourth-order valence-corrected chi connectivity index (χ4v) is 4.87. The van der Waals surface area contributed by atoms with E-state index in [0.29, 0.717) is 27.7 Å². The van der Waals surface area contributed by atoms with E-state index in [1.165, 1.54) is 18.5 Å². The summed E-state index contributed by atoms with van der Waals surface area (Å²) in [6, 6.07) is 8.71. The third kappa shape index (κ3) is 5.35. The first-order chi connectivity index (χ1) is 16.3. The fraction of sp³-hybridized carbons (Fsp3) is 0.273. The number of nitrogens with zero attached hydrogens (tertiary/aromatic N) is 4.